The molecule has 0 fully saturated rings. The van der Waals surface area contributed by atoms with Crippen molar-refractivity contribution < 1.29 is 10.2 Å². The number of nitrogens with two attached hydrogens (primary N) is 2. The summed E-state index contributed by atoms with van der Waals surface area (Å²) in [4.78, 5) is 10.2. The third-order valence-electron chi connectivity index (χ3n) is 4.19. The maximum Gasteiger partial charge on any atom is 0.192 e. The van der Waals surface area contributed by atoms with Gasteiger partial charge in [-0.2, -0.15) is 4.99 Å². The summed E-state index contributed by atoms with van der Waals surface area (Å²) in [6.45, 7) is 1.18. The molecule has 6 N–H and O–H groups in total. The van der Waals surface area contributed by atoms with Gasteiger partial charge in [0.25, 0.3) is 0 Å². The van der Waals surface area contributed by atoms with E-state index in [9.17, 15) is 10.2 Å². The molecule has 0 amide bonds. The van der Waals surface area contributed by atoms with Crippen LogP contribution in [0.15, 0.2) is 59.7 Å². The zero-order chi connectivity index (χ0) is 20.1. The molecule has 1 aromatic heterocycles. The molecule has 0 radical (unpaired) electrons. The van der Waals surface area contributed by atoms with Crippen LogP contribution in [0.5, 0.6) is 0 Å². The van der Waals surface area contributed by atoms with Crippen LogP contribution in [0, 0.1) is 0 Å². The van der Waals surface area contributed by atoms with Crippen molar-refractivity contribution in [2.24, 2.45) is 16.5 Å². The van der Waals surface area contributed by atoms with Gasteiger partial charge < -0.3 is 21.7 Å². The Kier molecular flexibility index (Phi) is 6.43. The second-order valence-corrected chi connectivity index (χ2v) is 6.89. The standard InChI is InChI=1S/C20H22ClN5O2/c21-17-9-24-19(25-20(22)23)16-8-14(6-7-15(16)17)11-26(12-18(27)28)10-13-4-2-1-3-5-13/h1-9,18,27-28H,10-12H2,(H4,22,23,24,25). The molecule has 3 rings (SSSR count). The normalized spacial score (nSPS) is 11.3. The van der Waals surface area contributed by atoms with E-state index in [4.69, 9.17) is 23.1 Å². The van der Waals surface area contributed by atoms with E-state index in [0.29, 0.717) is 23.9 Å². The Hall–Kier alpha value is -2.71. The van der Waals surface area contributed by atoms with Crippen molar-refractivity contribution in [3.63, 3.8) is 0 Å². The molecule has 0 spiro atoms. The SMILES string of the molecule is NC(N)=Nc1ncc(Cl)c2ccc(CN(Cc3ccccc3)CC(O)O)cc12. The number of halogens is 1. The highest BCUT2D eigenvalue weighted by Crippen LogP contribution is 2.30. The number of benzene rings is 2. The predicted molar refractivity (Wildman–Crippen MR) is 111 cm³/mol. The fraction of sp³-hybridized carbons (Fsp3) is 0.200. The number of aromatic nitrogens is 1. The minimum absolute atomic E-state index is 0.0874. The number of nitrogens with zero attached hydrogens (tertiary/aromatic N) is 3. The second-order valence-electron chi connectivity index (χ2n) is 6.48. The van der Waals surface area contributed by atoms with E-state index in [1.165, 1.54) is 6.20 Å². The van der Waals surface area contributed by atoms with Crippen LogP contribution < -0.4 is 11.5 Å². The summed E-state index contributed by atoms with van der Waals surface area (Å²) >= 11 is 6.25. The molecule has 8 heteroatoms. The summed E-state index contributed by atoms with van der Waals surface area (Å²) in [6.07, 6.45) is 0.0762. The van der Waals surface area contributed by atoms with Gasteiger partial charge in [0.2, 0.25) is 0 Å². The highest BCUT2D eigenvalue weighted by atomic mass is 35.5. The van der Waals surface area contributed by atoms with Crippen LogP contribution in [-0.4, -0.2) is 38.9 Å². The van der Waals surface area contributed by atoms with Gasteiger partial charge in [-0.1, -0.05) is 54.1 Å². The van der Waals surface area contributed by atoms with Gasteiger partial charge in [-0.25, -0.2) is 4.98 Å². The van der Waals surface area contributed by atoms with Crippen LogP contribution in [0.1, 0.15) is 11.1 Å². The number of hydrogen-bond acceptors (Lipinski definition) is 5. The molecule has 0 saturated carbocycles. The lowest BCUT2D eigenvalue weighted by molar-refractivity contribution is -0.0641. The van der Waals surface area contributed by atoms with Crippen molar-refractivity contribution in [3.8, 4) is 0 Å². The largest absolute Gasteiger partial charge is 0.370 e. The van der Waals surface area contributed by atoms with Crippen molar-refractivity contribution in [1.82, 2.24) is 9.88 Å². The minimum atomic E-state index is -1.43. The van der Waals surface area contributed by atoms with E-state index in [0.717, 1.165) is 21.9 Å². The van der Waals surface area contributed by atoms with Crippen molar-refractivity contribution in [1.29, 1.82) is 0 Å². The van der Waals surface area contributed by atoms with Crippen LogP contribution in [0.3, 0.4) is 0 Å². The Bertz CT molecular complexity index is 975. The van der Waals surface area contributed by atoms with Gasteiger partial charge in [0.1, 0.15) is 0 Å². The van der Waals surface area contributed by atoms with Crippen LogP contribution in [0.4, 0.5) is 5.82 Å². The molecule has 0 bridgehead atoms. The third-order valence-corrected chi connectivity index (χ3v) is 4.50. The number of aliphatic imine (C=N–C) groups is 1. The second kappa shape index (κ2) is 8.99. The van der Waals surface area contributed by atoms with Crippen LogP contribution in [0.25, 0.3) is 10.8 Å². The van der Waals surface area contributed by atoms with Crippen LogP contribution in [0.2, 0.25) is 5.02 Å². The zero-order valence-corrected chi connectivity index (χ0v) is 15.9. The Morgan fingerprint density at radius 3 is 2.43 bits per heavy atom. The molecule has 28 heavy (non-hydrogen) atoms. The van der Waals surface area contributed by atoms with Gasteiger partial charge in [0, 0.05) is 36.6 Å². The molecular formula is C20H22ClN5O2. The number of fused-ring (bicyclic) bond motifs is 1. The summed E-state index contributed by atoms with van der Waals surface area (Å²) in [7, 11) is 0. The molecule has 2 aromatic carbocycles. The number of guanidine groups is 1. The van der Waals surface area contributed by atoms with Crippen LogP contribution >= 0.6 is 11.6 Å². The first kappa shape index (κ1) is 20.0. The third kappa shape index (κ3) is 5.17. The van der Waals surface area contributed by atoms with Crippen LogP contribution in [-0.2, 0) is 13.1 Å². The molecule has 0 atom stereocenters. The lowest BCUT2D eigenvalue weighted by Crippen LogP contribution is -2.31. The molecule has 0 aliphatic heterocycles. The van der Waals surface area contributed by atoms with Gasteiger partial charge >= 0.3 is 0 Å². The zero-order valence-electron chi connectivity index (χ0n) is 15.2. The Morgan fingerprint density at radius 1 is 1.04 bits per heavy atom. The molecule has 0 saturated heterocycles. The van der Waals surface area contributed by atoms with Gasteiger partial charge in [-0.05, 0) is 17.2 Å². The molecule has 0 aliphatic carbocycles. The average Bonchev–Trinajstić information content (AvgIpc) is 2.64. The summed E-state index contributed by atoms with van der Waals surface area (Å²) in [5, 5.41) is 21.0. The summed E-state index contributed by atoms with van der Waals surface area (Å²) in [5.41, 5.74) is 13.0. The first-order valence-corrected chi connectivity index (χ1v) is 9.09. The summed E-state index contributed by atoms with van der Waals surface area (Å²) in [5.74, 6) is 0.300. The van der Waals surface area contributed by atoms with Crippen molar-refractivity contribution >= 4 is 34.2 Å². The maximum absolute atomic E-state index is 9.47. The Labute approximate surface area is 167 Å². The van der Waals surface area contributed by atoms with E-state index < -0.39 is 6.29 Å². The highest BCUT2D eigenvalue weighted by Gasteiger charge is 2.13. The molecule has 0 aliphatic rings. The van der Waals surface area contributed by atoms with E-state index >= 15 is 0 Å². The number of aliphatic hydroxyl groups excluding tert-OH is 1. The molecular weight excluding hydrogens is 378 g/mol. The Balaban J connectivity index is 1.93. The lowest BCUT2D eigenvalue weighted by atomic mass is 10.1. The summed E-state index contributed by atoms with van der Waals surface area (Å²) in [6, 6.07) is 15.6. The predicted octanol–water partition coefficient (Wildman–Crippen LogP) is 2.11. The number of hydrogen-bond donors (Lipinski definition) is 4. The molecule has 7 nitrogen and oxygen atoms in total. The van der Waals surface area contributed by atoms with E-state index in [-0.39, 0.29) is 12.5 Å². The lowest BCUT2D eigenvalue weighted by Gasteiger charge is -2.23. The van der Waals surface area contributed by atoms with E-state index in [1.54, 1.807) is 0 Å². The first-order valence-electron chi connectivity index (χ1n) is 8.71. The monoisotopic (exact) mass is 399 g/mol. The fourth-order valence-electron chi connectivity index (χ4n) is 3.07. The van der Waals surface area contributed by atoms with Crippen molar-refractivity contribution in [2.45, 2.75) is 19.4 Å². The van der Waals surface area contributed by atoms with Crippen molar-refractivity contribution in [2.75, 3.05) is 6.54 Å². The van der Waals surface area contributed by atoms with Gasteiger partial charge in [0.05, 0.1) is 5.02 Å². The number of rotatable bonds is 7. The first-order chi connectivity index (χ1) is 13.4. The quantitative estimate of drug-likeness (QED) is 0.274. The highest BCUT2D eigenvalue weighted by molar-refractivity contribution is 6.35. The number of aliphatic hydroxyl groups is 2. The topological polar surface area (TPSA) is 121 Å². The van der Waals surface area contributed by atoms with E-state index in [1.807, 2.05) is 53.4 Å². The molecule has 3 aromatic rings. The van der Waals surface area contributed by atoms with Gasteiger partial charge in [0.15, 0.2) is 18.1 Å². The minimum Gasteiger partial charge on any atom is -0.370 e. The van der Waals surface area contributed by atoms with Gasteiger partial charge in [-0.3, -0.25) is 4.90 Å². The summed E-state index contributed by atoms with van der Waals surface area (Å²) < 4.78 is 0. The van der Waals surface area contributed by atoms with Crippen molar-refractivity contribution in [3.05, 3.63) is 70.9 Å². The fourth-order valence-corrected chi connectivity index (χ4v) is 3.28. The Morgan fingerprint density at radius 2 is 1.75 bits per heavy atom. The molecule has 0 unspecified atom stereocenters. The van der Waals surface area contributed by atoms with E-state index in [2.05, 4.69) is 9.98 Å². The molecule has 146 valence electrons. The number of pyridine rings is 1. The van der Waals surface area contributed by atoms with Gasteiger partial charge in [-0.15, -0.1) is 0 Å². The maximum atomic E-state index is 9.47. The average molecular weight is 400 g/mol. The molecule has 1 heterocycles. The smallest absolute Gasteiger partial charge is 0.192 e.